The Kier molecular flexibility index (Phi) is 4.13. The molecule has 0 spiro atoms. The molecule has 2 aromatic heterocycles. The third-order valence-corrected chi connectivity index (χ3v) is 4.60. The van der Waals surface area contributed by atoms with Crippen LogP contribution < -0.4 is 0 Å². The van der Waals surface area contributed by atoms with Gasteiger partial charge in [0, 0.05) is 17.7 Å². The Morgan fingerprint density at radius 1 is 1.08 bits per heavy atom. The molecule has 0 N–H and O–H groups in total. The Morgan fingerprint density at radius 2 is 1.85 bits per heavy atom. The van der Waals surface area contributed by atoms with Crippen LogP contribution >= 0.6 is 11.8 Å². The summed E-state index contributed by atoms with van der Waals surface area (Å²) in [6.07, 6.45) is 0. The number of hydrogen-bond acceptors (Lipinski definition) is 8. The van der Waals surface area contributed by atoms with E-state index < -0.39 is 4.92 Å². The molecule has 0 saturated carbocycles. The molecule has 0 bridgehead atoms. The largest absolute Gasteiger partial charge is 0.431 e. The zero-order valence-electron chi connectivity index (χ0n) is 13.5. The summed E-state index contributed by atoms with van der Waals surface area (Å²) in [6, 6.07) is 13.5. The van der Waals surface area contributed by atoms with Gasteiger partial charge >= 0.3 is 0 Å². The second kappa shape index (κ2) is 6.60. The minimum Gasteiger partial charge on any atom is -0.431 e. The highest BCUT2D eigenvalue weighted by molar-refractivity contribution is 7.99. The fraction of sp³-hybridized carbons (Fsp3) is 0.118. The first-order valence-electron chi connectivity index (χ1n) is 7.70. The number of oxazole rings is 1. The van der Waals surface area contributed by atoms with E-state index >= 15 is 0 Å². The standard InChI is InChI=1S/C17H12N4O4S/c1-10(26-17-18-13-4-2-3-5-14(13)24-17)15-19-20-16(25-15)11-6-8-12(9-7-11)21(22)23/h2-10H,1H3/t10-/m0/s1. The smallest absolute Gasteiger partial charge is 0.269 e. The average molecular weight is 368 g/mol. The maximum atomic E-state index is 10.7. The molecule has 0 aliphatic heterocycles. The molecule has 0 fully saturated rings. The minimum atomic E-state index is -0.456. The van der Waals surface area contributed by atoms with E-state index in [0.717, 1.165) is 11.1 Å². The highest BCUT2D eigenvalue weighted by atomic mass is 32.2. The SMILES string of the molecule is C[C@H](Sc1nc2ccccc2o1)c1nnc(-c2ccc([N+](=O)[O-])cc2)o1. The first-order valence-corrected chi connectivity index (χ1v) is 8.58. The van der Waals surface area contributed by atoms with Gasteiger partial charge in [-0.1, -0.05) is 23.9 Å². The summed E-state index contributed by atoms with van der Waals surface area (Å²) in [5, 5.41) is 19.1. The van der Waals surface area contributed by atoms with Crippen molar-refractivity contribution in [2.45, 2.75) is 17.4 Å². The molecular weight excluding hydrogens is 356 g/mol. The Hall–Kier alpha value is -3.20. The lowest BCUT2D eigenvalue weighted by Gasteiger charge is -2.01. The van der Waals surface area contributed by atoms with Crippen LogP contribution in [0.15, 0.2) is 62.6 Å². The van der Waals surface area contributed by atoms with E-state index in [2.05, 4.69) is 15.2 Å². The highest BCUT2D eigenvalue weighted by Crippen LogP contribution is 2.36. The van der Waals surface area contributed by atoms with Gasteiger partial charge in [-0.05, 0) is 31.2 Å². The molecule has 9 heteroatoms. The zero-order chi connectivity index (χ0) is 18.1. The van der Waals surface area contributed by atoms with Crippen LogP contribution in [0.4, 0.5) is 5.69 Å². The van der Waals surface area contributed by atoms with Crippen molar-refractivity contribution in [3.8, 4) is 11.5 Å². The van der Waals surface area contributed by atoms with E-state index in [1.165, 1.54) is 23.9 Å². The molecule has 2 aromatic carbocycles. The average Bonchev–Trinajstić information content (AvgIpc) is 3.28. The van der Waals surface area contributed by atoms with Gasteiger partial charge in [-0.3, -0.25) is 10.1 Å². The van der Waals surface area contributed by atoms with Gasteiger partial charge in [-0.2, -0.15) is 0 Å². The van der Waals surface area contributed by atoms with Crippen LogP contribution in [-0.4, -0.2) is 20.1 Å². The highest BCUT2D eigenvalue weighted by Gasteiger charge is 2.19. The lowest BCUT2D eigenvalue weighted by molar-refractivity contribution is -0.384. The van der Waals surface area contributed by atoms with Crippen molar-refractivity contribution in [1.29, 1.82) is 0 Å². The first-order chi connectivity index (χ1) is 12.6. The number of fused-ring (bicyclic) bond motifs is 1. The molecule has 1 atom stereocenters. The number of non-ortho nitro benzene ring substituents is 1. The summed E-state index contributed by atoms with van der Waals surface area (Å²) in [5.41, 5.74) is 2.14. The molecule has 8 nitrogen and oxygen atoms in total. The maximum Gasteiger partial charge on any atom is 0.269 e. The van der Waals surface area contributed by atoms with Crippen molar-refractivity contribution in [3.05, 3.63) is 64.5 Å². The molecule has 0 radical (unpaired) electrons. The van der Waals surface area contributed by atoms with Crippen molar-refractivity contribution in [1.82, 2.24) is 15.2 Å². The number of aromatic nitrogens is 3. The van der Waals surface area contributed by atoms with Crippen LogP contribution in [0, 0.1) is 10.1 Å². The lowest BCUT2D eigenvalue weighted by Crippen LogP contribution is -1.88. The van der Waals surface area contributed by atoms with Gasteiger partial charge in [0.2, 0.25) is 11.8 Å². The zero-order valence-corrected chi connectivity index (χ0v) is 14.3. The van der Waals surface area contributed by atoms with Crippen LogP contribution in [0.1, 0.15) is 18.1 Å². The Morgan fingerprint density at radius 3 is 2.58 bits per heavy atom. The third-order valence-electron chi connectivity index (χ3n) is 3.67. The number of benzene rings is 2. The monoisotopic (exact) mass is 368 g/mol. The maximum absolute atomic E-state index is 10.7. The lowest BCUT2D eigenvalue weighted by atomic mass is 10.2. The van der Waals surface area contributed by atoms with Gasteiger partial charge in [0.25, 0.3) is 10.9 Å². The molecule has 0 aliphatic carbocycles. The Labute approximate surface area is 151 Å². The minimum absolute atomic E-state index is 0.00775. The van der Waals surface area contributed by atoms with Crippen LogP contribution in [0.2, 0.25) is 0 Å². The molecule has 130 valence electrons. The summed E-state index contributed by atoms with van der Waals surface area (Å²) in [5.74, 6) is 0.727. The Bertz CT molecular complexity index is 1040. The predicted molar refractivity (Wildman–Crippen MR) is 94.7 cm³/mol. The Balaban J connectivity index is 1.52. The van der Waals surface area contributed by atoms with E-state index in [9.17, 15) is 10.1 Å². The fourth-order valence-electron chi connectivity index (χ4n) is 2.34. The second-order valence-corrected chi connectivity index (χ2v) is 6.75. The number of nitro groups is 1. The van der Waals surface area contributed by atoms with Crippen molar-refractivity contribution in [2.24, 2.45) is 0 Å². The van der Waals surface area contributed by atoms with E-state index in [1.54, 1.807) is 12.1 Å². The van der Waals surface area contributed by atoms with E-state index in [-0.39, 0.29) is 10.9 Å². The van der Waals surface area contributed by atoms with Crippen LogP contribution in [0.25, 0.3) is 22.6 Å². The summed E-state index contributed by atoms with van der Waals surface area (Å²) in [7, 11) is 0. The van der Waals surface area contributed by atoms with E-state index in [1.807, 2.05) is 31.2 Å². The topological polar surface area (TPSA) is 108 Å². The molecule has 0 aliphatic rings. The number of rotatable bonds is 5. The molecule has 0 amide bonds. The molecular formula is C17H12N4O4S. The summed E-state index contributed by atoms with van der Waals surface area (Å²) in [6.45, 7) is 1.91. The van der Waals surface area contributed by atoms with Crippen molar-refractivity contribution in [2.75, 3.05) is 0 Å². The summed E-state index contributed by atoms with van der Waals surface area (Å²) >= 11 is 1.37. The number of hydrogen-bond donors (Lipinski definition) is 0. The van der Waals surface area contributed by atoms with Gasteiger partial charge in [-0.25, -0.2) is 4.98 Å². The van der Waals surface area contributed by atoms with E-state index in [0.29, 0.717) is 22.6 Å². The second-order valence-electron chi connectivity index (χ2n) is 5.46. The first kappa shape index (κ1) is 16.3. The van der Waals surface area contributed by atoms with Crippen LogP contribution in [0.3, 0.4) is 0 Å². The number of nitro benzene ring substituents is 1. The molecule has 4 aromatic rings. The predicted octanol–water partition coefficient (Wildman–Crippen LogP) is 4.64. The van der Waals surface area contributed by atoms with Gasteiger partial charge in [0.15, 0.2) is 5.58 Å². The quantitative estimate of drug-likeness (QED) is 0.285. The van der Waals surface area contributed by atoms with Gasteiger partial charge < -0.3 is 8.83 Å². The molecule has 26 heavy (non-hydrogen) atoms. The fourth-order valence-corrected chi connectivity index (χ4v) is 3.13. The van der Waals surface area contributed by atoms with Crippen LogP contribution in [-0.2, 0) is 0 Å². The molecule has 2 heterocycles. The van der Waals surface area contributed by atoms with Gasteiger partial charge in [0.05, 0.1) is 10.2 Å². The number of nitrogens with zero attached hydrogens (tertiary/aromatic N) is 4. The van der Waals surface area contributed by atoms with Crippen molar-refractivity contribution in [3.63, 3.8) is 0 Å². The van der Waals surface area contributed by atoms with Crippen molar-refractivity contribution >= 4 is 28.5 Å². The summed E-state index contributed by atoms with van der Waals surface area (Å²) < 4.78 is 11.4. The van der Waals surface area contributed by atoms with E-state index in [4.69, 9.17) is 8.83 Å². The van der Waals surface area contributed by atoms with Gasteiger partial charge in [0.1, 0.15) is 5.52 Å². The van der Waals surface area contributed by atoms with Gasteiger partial charge in [-0.15, -0.1) is 10.2 Å². The third kappa shape index (κ3) is 3.16. The normalized spacial score (nSPS) is 12.3. The molecule has 0 unspecified atom stereocenters. The number of para-hydroxylation sites is 2. The molecule has 0 saturated heterocycles. The summed E-state index contributed by atoms with van der Waals surface area (Å²) in [4.78, 5) is 14.7. The van der Waals surface area contributed by atoms with Crippen LogP contribution in [0.5, 0.6) is 0 Å². The van der Waals surface area contributed by atoms with Crippen molar-refractivity contribution < 1.29 is 13.8 Å². The number of thioether (sulfide) groups is 1. The molecule has 4 rings (SSSR count).